The zero-order valence-electron chi connectivity index (χ0n) is 18.0. The Labute approximate surface area is 207 Å². The molecule has 0 saturated heterocycles. The molecule has 0 bridgehead atoms. The van der Waals surface area contributed by atoms with Gasteiger partial charge in [-0.1, -0.05) is 46.6 Å². The first-order valence-corrected chi connectivity index (χ1v) is 12.4. The quantitative estimate of drug-likeness (QED) is 0.262. The molecule has 1 amide bonds. The van der Waals surface area contributed by atoms with Crippen molar-refractivity contribution < 1.29 is 4.79 Å². The van der Waals surface area contributed by atoms with Crippen LogP contribution < -0.4 is 10.2 Å². The van der Waals surface area contributed by atoms with E-state index in [0.29, 0.717) is 32.5 Å². The molecule has 1 aromatic heterocycles. The van der Waals surface area contributed by atoms with E-state index >= 15 is 0 Å². The second-order valence-corrected chi connectivity index (χ2v) is 9.02. The van der Waals surface area contributed by atoms with Crippen molar-refractivity contribution in [2.45, 2.75) is 32.5 Å². The van der Waals surface area contributed by atoms with E-state index in [2.05, 4.69) is 58.5 Å². The maximum Gasteiger partial charge on any atom is 0.234 e. The van der Waals surface area contributed by atoms with E-state index in [0.717, 1.165) is 24.5 Å². The minimum Gasteiger partial charge on any atom is -0.372 e. The number of halogens is 3. The first kappa shape index (κ1) is 24.7. The maximum absolute atomic E-state index is 12.4. The van der Waals surface area contributed by atoms with Crippen LogP contribution in [-0.2, 0) is 11.3 Å². The van der Waals surface area contributed by atoms with Gasteiger partial charge >= 0.3 is 0 Å². The molecule has 0 aliphatic heterocycles. The summed E-state index contributed by atoms with van der Waals surface area (Å²) in [6.07, 6.45) is 0. The molecule has 3 rings (SSSR count). The van der Waals surface area contributed by atoms with Crippen molar-refractivity contribution in [1.29, 1.82) is 0 Å². The largest absolute Gasteiger partial charge is 0.372 e. The fourth-order valence-electron chi connectivity index (χ4n) is 3.24. The summed E-state index contributed by atoms with van der Waals surface area (Å²) in [6, 6.07) is 11.3. The number of carbonyl (C=O) groups is 1. The molecule has 0 saturated carbocycles. The summed E-state index contributed by atoms with van der Waals surface area (Å²) in [4.78, 5) is 14.7. The van der Waals surface area contributed by atoms with Crippen molar-refractivity contribution in [2.75, 3.05) is 29.1 Å². The second-order valence-electron chi connectivity index (χ2n) is 6.85. The highest BCUT2D eigenvalue weighted by molar-refractivity contribution is 7.99. The number of hydrogen-bond acceptors (Lipinski definition) is 5. The smallest absolute Gasteiger partial charge is 0.234 e. The van der Waals surface area contributed by atoms with Crippen LogP contribution in [0, 0.1) is 0 Å². The number of hydrogen-bond donors (Lipinski definition) is 1. The van der Waals surface area contributed by atoms with Gasteiger partial charge in [-0.05, 0) is 57.2 Å². The lowest BCUT2D eigenvalue weighted by Crippen LogP contribution is -2.21. The summed E-state index contributed by atoms with van der Waals surface area (Å²) in [5.74, 6) is 0.690. The lowest BCUT2D eigenvalue weighted by atomic mass is 10.2. The summed E-state index contributed by atoms with van der Waals surface area (Å²) in [5, 5.41) is 13.1. The maximum atomic E-state index is 12.4. The second kappa shape index (κ2) is 11.3. The van der Waals surface area contributed by atoms with Crippen molar-refractivity contribution >= 4 is 63.8 Å². The molecule has 6 nitrogen and oxygen atoms in total. The van der Waals surface area contributed by atoms with Gasteiger partial charge in [0.05, 0.1) is 26.5 Å². The van der Waals surface area contributed by atoms with Crippen molar-refractivity contribution in [3.63, 3.8) is 0 Å². The van der Waals surface area contributed by atoms with Crippen molar-refractivity contribution in [1.82, 2.24) is 14.8 Å². The average Bonchev–Trinajstić information content (AvgIpc) is 3.20. The molecule has 32 heavy (non-hydrogen) atoms. The molecule has 2 aromatic carbocycles. The Kier molecular flexibility index (Phi) is 8.71. The van der Waals surface area contributed by atoms with Gasteiger partial charge in [-0.3, -0.25) is 4.79 Å². The van der Waals surface area contributed by atoms with Gasteiger partial charge in [0.15, 0.2) is 11.0 Å². The highest BCUT2D eigenvalue weighted by atomic mass is 35.5. The van der Waals surface area contributed by atoms with Crippen LogP contribution in [0.2, 0.25) is 15.1 Å². The Bertz CT molecular complexity index is 1080. The topological polar surface area (TPSA) is 63.1 Å². The molecule has 0 fully saturated rings. The molecule has 10 heteroatoms. The molecule has 0 spiro atoms. The lowest BCUT2D eigenvalue weighted by Gasteiger charge is -2.21. The number of amides is 1. The Morgan fingerprint density at radius 3 is 2.28 bits per heavy atom. The van der Waals surface area contributed by atoms with Crippen LogP contribution in [0.5, 0.6) is 0 Å². The van der Waals surface area contributed by atoms with E-state index < -0.39 is 0 Å². The minimum absolute atomic E-state index is 0.148. The highest BCUT2D eigenvalue weighted by Crippen LogP contribution is 2.32. The normalized spacial score (nSPS) is 10.9. The summed E-state index contributed by atoms with van der Waals surface area (Å²) < 4.78 is 2.00. The number of benzene rings is 2. The zero-order chi connectivity index (χ0) is 23.3. The van der Waals surface area contributed by atoms with Gasteiger partial charge in [0, 0.05) is 30.9 Å². The average molecular weight is 513 g/mol. The number of nitrogens with one attached hydrogen (secondary N) is 1. The molecule has 1 N–H and O–H groups in total. The van der Waals surface area contributed by atoms with E-state index in [9.17, 15) is 4.79 Å². The number of aromatic nitrogens is 3. The van der Waals surface area contributed by atoms with Crippen molar-refractivity contribution in [3.8, 4) is 11.4 Å². The van der Waals surface area contributed by atoms with E-state index in [1.165, 1.54) is 29.6 Å². The van der Waals surface area contributed by atoms with Gasteiger partial charge in [-0.25, -0.2) is 0 Å². The van der Waals surface area contributed by atoms with Crippen LogP contribution >= 0.6 is 46.6 Å². The van der Waals surface area contributed by atoms with E-state index in [1.54, 1.807) is 0 Å². The minimum atomic E-state index is -0.230. The molecule has 0 aliphatic rings. The lowest BCUT2D eigenvalue weighted by molar-refractivity contribution is -0.113. The summed E-state index contributed by atoms with van der Waals surface area (Å²) >= 11 is 19.4. The van der Waals surface area contributed by atoms with Gasteiger partial charge in [0.25, 0.3) is 0 Å². The number of anilines is 2. The van der Waals surface area contributed by atoms with Gasteiger partial charge in [0.1, 0.15) is 0 Å². The molecule has 0 aliphatic carbocycles. The monoisotopic (exact) mass is 511 g/mol. The molecule has 0 radical (unpaired) electrons. The fraction of sp³-hybridized carbons (Fsp3) is 0.318. The van der Waals surface area contributed by atoms with E-state index in [-0.39, 0.29) is 11.7 Å². The molecular formula is C22H24Cl3N5OS. The molecule has 0 unspecified atom stereocenters. The SMILES string of the molecule is CCN(CC)c1ccc(-c2nnc(SCC(=O)Nc3cc(Cl)c(Cl)cc3Cl)n2CC)cc1. The summed E-state index contributed by atoms with van der Waals surface area (Å²) in [7, 11) is 0. The number of thioether (sulfide) groups is 1. The first-order chi connectivity index (χ1) is 15.4. The Morgan fingerprint density at radius 1 is 1.00 bits per heavy atom. The van der Waals surface area contributed by atoms with Gasteiger partial charge in [-0.2, -0.15) is 0 Å². The molecule has 3 aromatic rings. The zero-order valence-corrected chi connectivity index (χ0v) is 21.1. The fourth-order valence-corrected chi connectivity index (χ4v) is 4.64. The Hall–Kier alpha value is -1.93. The van der Waals surface area contributed by atoms with Crippen LogP contribution in [0.15, 0.2) is 41.6 Å². The van der Waals surface area contributed by atoms with Crippen LogP contribution in [0.25, 0.3) is 11.4 Å². The number of nitrogens with zero attached hydrogens (tertiary/aromatic N) is 4. The predicted molar refractivity (Wildman–Crippen MR) is 136 cm³/mol. The molecule has 170 valence electrons. The number of rotatable bonds is 9. The van der Waals surface area contributed by atoms with Gasteiger partial charge < -0.3 is 14.8 Å². The third kappa shape index (κ3) is 5.70. The van der Waals surface area contributed by atoms with Crippen molar-refractivity contribution in [3.05, 3.63) is 51.5 Å². The highest BCUT2D eigenvalue weighted by Gasteiger charge is 2.16. The van der Waals surface area contributed by atoms with Crippen molar-refractivity contribution in [2.24, 2.45) is 0 Å². The number of carbonyl (C=O) groups excluding carboxylic acids is 1. The van der Waals surface area contributed by atoms with Crippen LogP contribution in [0.1, 0.15) is 20.8 Å². The van der Waals surface area contributed by atoms with E-state index in [4.69, 9.17) is 34.8 Å². The molecular weight excluding hydrogens is 489 g/mol. The summed E-state index contributed by atoms with van der Waals surface area (Å²) in [6.45, 7) is 8.90. The standard InChI is InChI=1S/C22H24Cl3N5OS/c1-4-29(5-2)15-9-7-14(8-10-15)21-27-28-22(30(21)6-3)32-13-20(31)26-19-12-17(24)16(23)11-18(19)25/h7-12H,4-6,13H2,1-3H3,(H,26,31). The third-order valence-corrected chi connectivity index (χ3v) is 6.91. The van der Waals surface area contributed by atoms with Crippen LogP contribution in [-0.4, -0.2) is 39.5 Å². The van der Waals surface area contributed by atoms with E-state index in [1.807, 2.05) is 11.5 Å². The van der Waals surface area contributed by atoms with Crippen LogP contribution in [0.4, 0.5) is 11.4 Å². The third-order valence-electron chi connectivity index (χ3n) is 4.90. The molecule has 1 heterocycles. The van der Waals surface area contributed by atoms with Gasteiger partial charge in [-0.15, -0.1) is 10.2 Å². The molecule has 0 atom stereocenters. The van der Waals surface area contributed by atoms with Crippen LogP contribution in [0.3, 0.4) is 0 Å². The Balaban J connectivity index is 1.70. The van der Waals surface area contributed by atoms with Gasteiger partial charge in [0.2, 0.25) is 5.91 Å². The predicted octanol–water partition coefficient (Wildman–Crippen LogP) is 6.50. The Morgan fingerprint density at radius 2 is 1.66 bits per heavy atom. The summed E-state index contributed by atoms with van der Waals surface area (Å²) in [5.41, 5.74) is 2.57. The first-order valence-electron chi connectivity index (χ1n) is 10.2.